The Labute approximate surface area is 214 Å². The number of guanidine groups is 1. The zero-order valence-corrected chi connectivity index (χ0v) is 22.8. The number of aliphatic imine (C=N–C) groups is 1. The number of hydrogen-bond donors (Lipinski definition) is 2. The molecule has 0 radical (unpaired) electrons. The highest BCUT2D eigenvalue weighted by Crippen LogP contribution is 2.27. The summed E-state index contributed by atoms with van der Waals surface area (Å²) in [6.45, 7) is 10.1. The summed E-state index contributed by atoms with van der Waals surface area (Å²) < 4.78 is 5.63. The second-order valence-electron chi connectivity index (χ2n) is 8.36. The van der Waals surface area contributed by atoms with E-state index in [1.807, 2.05) is 24.8 Å². The maximum absolute atomic E-state index is 12.8. The van der Waals surface area contributed by atoms with Gasteiger partial charge in [-0.3, -0.25) is 4.79 Å². The predicted octanol–water partition coefficient (Wildman–Crippen LogP) is 4.20. The lowest BCUT2D eigenvalue weighted by Gasteiger charge is -2.34. The van der Waals surface area contributed by atoms with Crippen molar-refractivity contribution in [2.45, 2.75) is 59.0 Å². The average Bonchev–Trinajstić information content (AvgIpc) is 2.80. The second-order valence-corrected chi connectivity index (χ2v) is 9.58. The monoisotopic (exact) mass is 574 g/mol. The molecule has 0 atom stereocenters. The molecule has 1 saturated carbocycles. The van der Waals surface area contributed by atoms with Crippen molar-refractivity contribution in [2.24, 2.45) is 10.9 Å². The van der Waals surface area contributed by atoms with Crippen LogP contribution in [-0.4, -0.2) is 60.6 Å². The summed E-state index contributed by atoms with van der Waals surface area (Å²) in [5.41, 5.74) is 2.31. The minimum atomic E-state index is 0. The Morgan fingerprint density at radius 1 is 1.19 bits per heavy atom. The lowest BCUT2D eigenvalue weighted by molar-refractivity contribution is -0.136. The van der Waals surface area contributed by atoms with Crippen LogP contribution in [0.15, 0.2) is 23.2 Å². The van der Waals surface area contributed by atoms with Gasteiger partial charge in [-0.05, 0) is 63.6 Å². The van der Waals surface area contributed by atoms with Crippen LogP contribution < -0.4 is 15.4 Å². The van der Waals surface area contributed by atoms with Crippen LogP contribution in [0, 0.1) is 12.8 Å². The molecular weight excluding hydrogens is 535 g/mol. The summed E-state index contributed by atoms with van der Waals surface area (Å²) in [6, 6.07) is 6.64. The maximum Gasteiger partial charge on any atom is 0.225 e. The molecule has 0 bridgehead atoms. The van der Waals surface area contributed by atoms with Gasteiger partial charge in [0.2, 0.25) is 5.91 Å². The van der Waals surface area contributed by atoms with Crippen LogP contribution in [0.5, 0.6) is 5.75 Å². The van der Waals surface area contributed by atoms with E-state index >= 15 is 0 Å². The van der Waals surface area contributed by atoms with Crippen LogP contribution in [-0.2, 0) is 11.3 Å². The Morgan fingerprint density at radius 2 is 1.91 bits per heavy atom. The van der Waals surface area contributed by atoms with Crippen LogP contribution in [0.4, 0.5) is 0 Å². The number of nitrogens with zero attached hydrogens (tertiary/aromatic N) is 2. The molecule has 1 aliphatic heterocycles. The van der Waals surface area contributed by atoms with Crippen molar-refractivity contribution < 1.29 is 9.53 Å². The molecular formula is C24H39IN4O2S. The third-order valence-electron chi connectivity index (χ3n) is 6.04. The predicted molar refractivity (Wildman–Crippen MR) is 145 cm³/mol. The number of carbonyl (C=O) groups excluding carboxylic acids is 1. The van der Waals surface area contributed by atoms with E-state index in [2.05, 4.69) is 41.5 Å². The fourth-order valence-corrected chi connectivity index (χ4v) is 5.24. The zero-order valence-electron chi connectivity index (χ0n) is 19.7. The fourth-order valence-electron chi connectivity index (χ4n) is 4.34. The molecule has 32 heavy (non-hydrogen) atoms. The van der Waals surface area contributed by atoms with Gasteiger partial charge in [0.1, 0.15) is 5.75 Å². The average molecular weight is 575 g/mol. The topological polar surface area (TPSA) is 66.0 Å². The van der Waals surface area contributed by atoms with Gasteiger partial charge in [-0.25, -0.2) is 4.99 Å². The molecule has 3 rings (SSSR count). The van der Waals surface area contributed by atoms with Crippen molar-refractivity contribution in [2.75, 3.05) is 37.7 Å². The zero-order chi connectivity index (χ0) is 22.1. The first-order chi connectivity index (χ1) is 15.1. The second kappa shape index (κ2) is 14.2. The summed E-state index contributed by atoms with van der Waals surface area (Å²) in [5, 5.41) is 6.97. The Balaban J connectivity index is 0.00000363. The number of thioether (sulfide) groups is 1. The number of carbonyl (C=O) groups is 1. The van der Waals surface area contributed by atoms with Gasteiger partial charge in [0.25, 0.3) is 0 Å². The molecule has 1 aromatic rings. The normalized spacial score (nSPS) is 21.5. The smallest absolute Gasteiger partial charge is 0.225 e. The van der Waals surface area contributed by atoms with Crippen LogP contribution in [0.1, 0.15) is 50.7 Å². The highest BCUT2D eigenvalue weighted by molar-refractivity contribution is 14.0. The molecule has 6 nitrogen and oxygen atoms in total. The number of halogens is 1. The van der Waals surface area contributed by atoms with Crippen LogP contribution in [0.3, 0.4) is 0 Å². The number of ether oxygens (including phenoxy) is 1. The number of rotatable bonds is 7. The lowest BCUT2D eigenvalue weighted by Crippen LogP contribution is -2.47. The summed E-state index contributed by atoms with van der Waals surface area (Å²) in [6.07, 6.45) is 3.98. The number of hydrogen-bond acceptors (Lipinski definition) is 4. The van der Waals surface area contributed by atoms with Crippen molar-refractivity contribution in [3.63, 3.8) is 0 Å². The minimum absolute atomic E-state index is 0. The molecule has 1 aliphatic carbocycles. The van der Waals surface area contributed by atoms with Crippen molar-refractivity contribution in [3.05, 3.63) is 29.3 Å². The molecule has 0 spiro atoms. The first kappa shape index (κ1) is 27.1. The Kier molecular flexibility index (Phi) is 12.0. The number of amides is 1. The van der Waals surface area contributed by atoms with E-state index < -0.39 is 0 Å². The van der Waals surface area contributed by atoms with E-state index in [1.165, 1.54) is 5.56 Å². The van der Waals surface area contributed by atoms with Gasteiger partial charge in [-0.2, -0.15) is 11.8 Å². The fraction of sp³-hybridized carbons (Fsp3) is 0.667. The van der Waals surface area contributed by atoms with Gasteiger partial charge in [0.05, 0.1) is 13.2 Å². The van der Waals surface area contributed by atoms with Gasteiger partial charge < -0.3 is 20.3 Å². The van der Waals surface area contributed by atoms with Gasteiger partial charge in [0, 0.05) is 43.1 Å². The van der Waals surface area contributed by atoms with Crippen molar-refractivity contribution >= 4 is 47.6 Å². The molecule has 2 N–H and O–H groups in total. The van der Waals surface area contributed by atoms with Crippen molar-refractivity contribution in [1.29, 1.82) is 0 Å². The summed E-state index contributed by atoms with van der Waals surface area (Å²) in [4.78, 5) is 19.7. The third kappa shape index (κ3) is 8.01. The summed E-state index contributed by atoms with van der Waals surface area (Å²) in [5.74, 6) is 4.54. The Morgan fingerprint density at radius 3 is 2.53 bits per heavy atom. The van der Waals surface area contributed by atoms with Gasteiger partial charge in [-0.1, -0.05) is 12.1 Å². The lowest BCUT2D eigenvalue weighted by atomic mass is 9.85. The van der Waals surface area contributed by atoms with Gasteiger partial charge in [0.15, 0.2) is 5.96 Å². The molecule has 1 heterocycles. The third-order valence-corrected chi connectivity index (χ3v) is 6.99. The highest BCUT2D eigenvalue weighted by Gasteiger charge is 2.30. The maximum atomic E-state index is 12.8. The molecule has 0 unspecified atom stereocenters. The van der Waals surface area contributed by atoms with E-state index in [4.69, 9.17) is 9.73 Å². The summed E-state index contributed by atoms with van der Waals surface area (Å²) >= 11 is 1.95. The SMILES string of the molecule is CCNC(=NCc1ccc(OCC)c(C)c1)NC1CCC(C(=O)N2CCSCC2)CC1.I. The first-order valence-electron chi connectivity index (χ1n) is 11.7. The minimum Gasteiger partial charge on any atom is -0.494 e. The molecule has 0 aromatic heterocycles. The molecule has 180 valence electrons. The largest absolute Gasteiger partial charge is 0.494 e. The number of benzene rings is 1. The van der Waals surface area contributed by atoms with E-state index in [0.717, 1.165) is 74.1 Å². The molecule has 2 aliphatic rings. The Bertz CT molecular complexity index is 748. The molecule has 2 fully saturated rings. The molecule has 1 saturated heterocycles. The van der Waals surface area contributed by atoms with E-state index in [1.54, 1.807) is 0 Å². The van der Waals surface area contributed by atoms with E-state index in [0.29, 0.717) is 25.1 Å². The van der Waals surface area contributed by atoms with Crippen LogP contribution >= 0.6 is 35.7 Å². The van der Waals surface area contributed by atoms with Crippen LogP contribution in [0.25, 0.3) is 0 Å². The highest BCUT2D eigenvalue weighted by atomic mass is 127. The molecule has 8 heteroatoms. The number of aryl methyl sites for hydroxylation is 1. The molecule has 1 amide bonds. The number of nitrogens with one attached hydrogen (secondary N) is 2. The van der Waals surface area contributed by atoms with Crippen molar-refractivity contribution in [1.82, 2.24) is 15.5 Å². The first-order valence-corrected chi connectivity index (χ1v) is 12.9. The molecule has 1 aromatic carbocycles. The quantitative estimate of drug-likeness (QED) is 0.291. The van der Waals surface area contributed by atoms with Crippen LogP contribution in [0.2, 0.25) is 0 Å². The van der Waals surface area contributed by atoms with Gasteiger partial charge >= 0.3 is 0 Å². The standard InChI is InChI=1S/C24H38N4O2S.HI/c1-4-25-24(26-17-19-6-11-22(30-5-2)18(3)16-19)27-21-9-7-20(8-10-21)23(29)28-12-14-31-15-13-28;/h6,11,16,20-21H,4-5,7-10,12-15,17H2,1-3H3,(H2,25,26,27);1H. The Hall–Kier alpha value is -1.16. The van der Waals surface area contributed by atoms with Gasteiger partial charge in [-0.15, -0.1) is 24.0 Å². The van der Waals surface area contributed by atoms with Crippen molar-refractivity contribution in [3.8, 4) is 5.75 Å². The van der Waals surface area contributed by atoms with E-state index in [-0.39, 0.29) is 29.9 Å². The summed E-state index contributed by atoms with van der Waals surface area (Å²) in [7, 11) is 0. The van der Waals surface area contributed by atoms with E-state index in [9.17, 15) is 4.79 Å².